The molecule has 0 bridgehead atoms. The summed E-state index contributed by atoms with van der Waals surface area (Å²) in [7, 11) is 0. The van der Waals surface area contributed by atoms with Crippen LogP contribution in [0.2, 0.25) is 0 Å². The van der Waals surface area contributed by atoms with E-state index in [0.717, 1.165) is 0 Å². The Labute approximate surface area is 73.4 Å². The molecule has 0 aliphatic rings. The minimum atomic E-state index is 0. The summed E-state index contributed by atoms with van der Waals surface area (Å²) in [4.78, 5) is 0. The molecule has 0 saturated carbocycles. The standard InChI is InChI=1S/Co.Fe.Ni.Sn. The first kappa shape index (κ1) is 33.3. The maximum absolute atomic E-state index is 0. The molecule has 0 spiro atoms. The molecule has 4 heteroatoms. The van der Waals surface area contributed by atoms with Gasteiger partial charge in [-0.25, -0.2) is 0 Å². The van der Waals surface area contributed by atoms with Crippen molar-refractivity contribution < 1.29 is 50.3 Å². The summed E-state index contributed by atoms with van der Waals surface area (Å²) in [6.07, 6.45) is 0. The normalized spacial score (nSPS) is 0. The van der Waals surface area contributed by atoms with E-state index in [2.05, 4.69) is 0 Å². The molecule has 0 aliphatic heterocycles. The molecule has 5 radical (unpaired) electrons. The molecular weight excluding hydrogens is 292 g/mol. The molecule has 0 aromatic rings. The van der Waals surface area contributed by atoms with Crippen LogP contribution in [0.15, 0.2) is 0 Å². The zero-order valence-electron chi connectivity index (χ0n) is 1.50. The Kier molecular flexibility index (Phi) is 153. The second kappa shape index (κ2) is 18.5. The summed E-state index contributed by atoms with van der Waals surface area (Å²) in [6, 6.07) is 0. The Bertz CT molecular complexity index is 8.00. The van der Waals surface area contributed by atoms with Gasteiger partial charge in [0, 0.05) is 74.2 Å². The monoisotopic (exact) mass is 293 g/mol. The summed E-state index contributed by atoms with van der Waals surface area (Å²) in [5.74, 6) is 0. The Morgan fingerprint density at radius 1 is 1.00 bits per heavy atom. The van der Waals surface area contributed by atoms with Gasteiger partial charge in [0.15, 0.2) is 0 Å². The van der Waals surface area contributed by atoms with E-state index in [-0.39, 0.29) is 74.2 Å². The third-order valence-electron chi connectivity index (χ3n) is 0. The van der Waals surface area contributed by atoms with E-state index >= 15 is 0 Å². The van der Waals surface area contributed by atoms with Gasteiger partial charge in [-0.15, -0.1) is 0 Å². The second-order valence-corrected chi connectivity index (χ2v) is 0. The minimum absolute atomic E-state index is 0. The summed E-state index contributed by atoms with van der Waals surface area (Å²) in [6.45, 7) is 0. The predicted octanol–water partition coefficient (Wildman–Crippen LogP) is -0.388. The van der Waals surface area contributed by atoms with E-state index in [1.165, 1.54) is 0 Å². The molecule has 0 aliphatic carbocycles. The van der Waals surface area contributed by atoms with Crippen molar-refractivity contribution in [2.45, 2.75) is 0 Å². The Hall–Kier alpha value is 2.32. The van der Waals surface area contributed by atoms with E-state index in [4.69, 9.17) is 0 Å². The Morgan fingerprint density at radius 3 is 1.00 bits per heavy atom. The fourth-order valence-corrected chi connectivity index (χ4v) is 0. The molecule has 0 unspecified atom stereocenters. The van der Waals surface area contributed by atoms with Crippen LogP contribution in [-0.2, 0) is 50.3 Å². The van der Waals surface area contributed by atoms with Gasteiger partial charge in [-0.05, 0) is 0 Å². The molecule has 0 amide bonds. The van der Waals surface area contributed by atoms with Crippen molar-refractivity contribution in [2.75, 3.05) is 0 Å². The first-order valence-corrected chi connectivity index (χ1v) is 0. The van der Waals surface area contributed by atoms with Crippen molar-refractivity contribution >= 4 is 23.9 Å². The Balaban J connectivity index is 0. The first-order chi connectivity index (χ1) is 0. The molecule has 0 N–H and O–H groups in total. The largest absolute Gasteiger partial charge is 0 e. The van der Waals surface area contributed by atoms with E-state index in [1.807, 2.05) is 0 Å². The topological polar surface area (TPSA) is 0 Å². The third-order valence-corrected chi connectivity index (χ3v) is 0. The van der Waals surface area contributed by atoms with Crippen LogP contribution in [0.25, 0.3) is 0 Å². The van der Waals surface area contributed by atoms with Gasteiger partial charge in [-0.3, -0.25) is 0 Å². The average molecular weight is 292 g/mol. The van der Waals surface area contributed by atoms with Gasteiger partial charge >= 0.3 is 0 Å². The van der Waals surface area contributed by atoms with Gasteiger partial charge in [-0.1, -0.05) is 0 Å². The molecule has 0 rings (SSSR count). The van der Waals surface area contributed by atoms with E-state index in [0.29, 0.717) is 0 Å². The maximum Gasteiger partial charge on any atom is 0 e. The summed E-state index contributed by atoms with van der Waals surface area (Å²) < 4.78 is 0. The summed E-state index contributed by atoms with van der Waals surface area (Å²) in [5.41, 5.74) is 0. The molecule has 0 fully saturated rings. The molecule has 0 aromatic carbocycles. The SMILES string of the molecule is [Co].[Fe].[Ni].[Sn]. The molecule has 4 heavy (non-hydrogen) atoms. The minimum Gasteiger partial charge on any atom is 0 e. The van der Waals surface area contributed by atoms with Crippen LogP contribution in [0.4, 0.5) is 0 Å². The van der Waals surface area contributed by atoms with Crippen molar-refractivity contribution in [3.05, 3.63) is 0 Å². The van der Waals surface area contributed by atoms with Crippen LogP contribution in [0.1, 0.15) is 0 Å². The van der Waals surface area contributed by atoms with Gasteiger partial charge in [0.1, 0.15) is 0 Å². The molecule has 0 aromatic heterocycles. The van der Waals surface area contributed by atoms with Crippen molar-refractivity contribution in [1.29, 1.82) is 0 Å². The zero-order valence-corrected chi connectivity index (χ0v) is 7.49. The fraction of sp³-hybridized carbons (Fsp3) is 0. The first-order valence-electron chi connectivity index (χ1n) is 0. The number of hydrogen-bond donors (Lipinski definition) is 0. The predicted molar refractivity (Wildman–Crippen MR) is 5.75 cm³/mol. The average Bonchev–Trinajstić information content (AvgIpc) is 0. The Morgan fingerprint density at radius 2 is 1.00 bits per heavy atom. The van der Waals surface area contributed by atoms with Crippen LogP contribution < -0.4 is 0 Å². The maximum atomic E-state index is 0. The van der Waals surface area contributed by atoms with Gasteiger partial charge in [0.2, 0.25) is 0 Å². The number of rotatable bonds is 0. The fourth-order valence-electron chi connectivity index (χ4n) is 0. The van der Waals surface area contributed by atoms with Crippen molar-refractivity contribution in [3.63, 3.8) is 0 Å². The van der Waals surface area contributed by atoms with E-state index in [1.54, 1.807) is 0 Å². The summed E-state index contributed by atoms with van der Waals surface area (Å²) >= 11 is 0. The van der Waals surface area contributed by atoms with Crippen LogP contribution in [-0.4, -0.2) is 23.9 Å². The van der Waals surface area contributed by atoms with Crippen molar-refractivity contribution in [2.24, 2.45) is 0 Å². The van der Waals surface area contributed by atoms with Crippen LogP contribution in [0, 0.1) is 0 Å². The zero-order chi connectivity index (χ0) is 0. The van der Waals surface area contributed by atoms with Crippen molar-refractivity contribution in [3.8, 4) is 0 Å². The smallest absolute Gasteiger partial charge is 0 e. The molecular formula is CoFeNiSn. The quantitative estimate of drug-likeness (QED) is 0.534. The van der Waals surface area contributed by atoms with Crippen LogP contribution >= 0.6 is 0 Å². The van der Waals surface area contributed by atoms with Crippen molar-refractivity contribution in [1.82, 2.24) is 0 Å². The molecule has 0 saturated heterocycles. The third kappa shape index (κ3) is 8.85. The molecule has 31 valence electrons. The van der Waals surface area contributed by atoms with Crippen LogP contribution in [0.3, 0.4) is 0 Å². The van der Waals surface area contributed by atoms with Gasteiger partial charge in [-0.2, -0.15) is 0 Å². The van der Waals surface area contributed by atoms with Gasteiger partial charge < -0.3 is 0 Å². The molecule has 0 heterocycles. The van der Waals surface area contributed by atoms with E-state index in [9.17, 15) is 0 Å². The molecule has 0 nitrogen and oxygen atoms in total. The van der Waals surface area contributed by atoms with Crippen LogP contribution in [0.5, 0.6) is 0 Å². The van der Waals surface area contributed by atoms with Gasteiger partial charge in [0.25, 0.3) is 0 Å². The molecule has 0 atom stereocenters. The van der Waals surface area contributed by atoms with Gasteiger partial charge in [0.05, 0.1) is 0 Å². The summed E-state index contributed by atoms with van der Waals surface area (Å²) in [5, 5.41) is 0. The number of hydrogen-bond acceptors (Lipinski definition) is 0. The van der Waals surface area contributed by atoms with E-state index < -0.39 is 0 Å². The second-order valence-electron chi connectivity index (χ2n) is 0.